The molecular weight excluding hydrogens is 270 g/mol. The van der Waals surface area contributed by atoms with Gasteiger partial charge >= 0.3 is 0 Å². The van der Waals surface area contributed by atoms with Crippen molar-refractivity contribution in [3.05, 3.63) is 52.1 Å². The summed E-state index contributed by atoms with van der Waals surface area (Å²) >= 11 is 0. The third-order valence-electron chi connectivity index (χ3n) is 3.30. The first kappa shape index (κ1) is 13.1. The lowest BCUT2D eigenvalue weighted by Crippen LogP contribution is -1.98. The van der Waals surface area contributed by atoms with Gasteiger partial charge in [-0.15, -0.1) is 0 Å². The van der Waals surface area contributed by atoms with E-state index in [1.54, 1.807) is 19.2 Å². The molecule has 21 heavy (non-hydrogen) atoms. The molecule has 0 fully saturated rings. The Hall–Kier alpha value is -2.89. The van der Waals surface area contributed by atoms with Crippen molar-refractivity contribution in [3.8, 4) is 11.5 Å². The number of aryl methyl sites for hydroxylation is 1. The molecule has 0 spiro atoms. The zero-order valence-electron chi connectivity index (χ0n) is 11.6. The molecule has 2 aromatic heterocycles. The number of nitrogens with one attached hydrogen (secondary N) is 1. The lowest BCUT2D eigenvalue weighted by Gasteiger charge is -2.02. The van der Waals surface area contributed by atoms with Crippen molar-refractivity contribution in [2.45, 2.75) is 6.92 Å². The number of fused-ring (bicyclic) bond motifs is 1. The predicted molar refractivity (Wildman–Crippen MR) is 80.4 cm³/mol. The number of furan rings is 1. The van der Waals surface area contributed by atoms with E-state index in [-0.39, 0.29) is 11.4 Å². The van der Waals surface area contributed by atoms with Gasteiger partial charge in [-0.25, -0.2) is 4.98 Å². The smallest absolute Gasteiger partial charge is 0.298 e. The number of hydrogen-bond acceptors (Lipinski definition) is 5. The van der Waals surface area contributed by atoms with E-state index in [0.29, 0.717) is 11.6 Å². The van der Waals surface area contributed by atoms with Crippen molar-refractivity contribution >= 4 is 22.5 Å². The van der Waals surface area contributed by atoms with Gasteiger partial charge in [0.25, 0.3) is 5.69 Å². The summed E-state index contributed by atoms with van der Waals surface area (Å²) in [5, 5.41) is 15.0. The maximum atomic E-state index is 11.2. The second-order valence-corrected chi connectivity index (χ2v) is 4.68. The number of para-hydroxylation sites is 1. The normalized spacial score (nSPS) is 10.8. The van der Waals surface area contributed by atoms with Gasteiger partial charge in [0, 0.05) is 18.5 Å². The van der Waals surface area contributed by atoms with Crippen LogP contribution in [0.1, 0.15) is 5.56 Å². The Morgan fingerprint density at radius 3 is 2.76 bits per heavy atom. The van der Waals surface area contributed by atoms with Gasteiger partial charge in [0.15, 0.2) is 11.5 Å². The molecule has 6 heteroatoms. The molecule has 3 aromatic rings. The van der Waals surface area contributed by atoms with Crippen LogP contribution in [0, 0.1) is 17.0 Å². The molecule has 6 nitrogen and oxygen atoms in total. The summed E-state index contributed by atoms with van der Waals surface area (Å²) < 4.78 is 5.78. The van der Waals surface area contributed by atoms with Gasteiger partial charge in [0.05, 0.1) is 4.92 Å². The predicted octanol–water partition coefficient (Wildman–Crippen LogP) is 3.75. The SMILES string of the molecule is CNc1ccc([N+](=O)[O-])c(-c2cc3cccc(C)c3o2)n1. The van der Waals surface area contributed by atoms with Gasteiger partial charge in [-0.05, 0) is 24.6 Å². The van der Waals surface area contributed by atoms with Crippen LogP contribution in [0.15, 0.2) is 40.8 Å². The van der Waals surface area contributed by atoms with Crippen molar-refractivity contribution in [3.63, 3.8) is 0 Å². The Morgan fingerprint density at radius 1 is 1.29 bits per heavy atom. The van der Waals surface area contributed by atoms with E-state index in [1.165, 1.54) is 6.07 Å². The molecule has 1 N–H and O–H groups in total. The second kappa shape index (κ2) is 4.90. The molecule has 0 saturated heterocycles. The summed E-state index contributed by atoms with van der Waals surface area (Å²) in [6, 6.07) is 10.5. The van der Waals surface area contributed by atoms with Crippen molar-refractivity contribution in [1.82, 2.24) is 4.98 Å². The number of aromatic nitrogens is 1. The van der Waals surface area contributed by atoms with E-state index in [1.807, 2.05) is 25.1 Å². The number of pyridine rings is 1. The van der Waals surface area contributed by atoms with Crippen LogP contribution in [0.4, 0.5) is 11.5 Å². The number of nitro groups is 1. The zero-order chi connectivity index (χ0) is 15.0. The Bertz CT molecular complexity index is 839. The summed E-state index contributed by atoms with van der Waals surface area (Å²) in [6.07, 6.45) is 0. The molecule has 0 aliphatic rings. The molecule has 0 atom stereocenters. The average molecular weight is 283 g/mol. The lowest BCUT2D eigenvalue weighted by molar-refractivity contribution is -0.384. The van der Waals surface area contributed by atoms with E-state index >= 15 is 0 Å². The Labute approximate surface area is 120 Å². The van der Waals surface area contributed by atoms with E-state index in [4.69, 9.17) is 4.42 Å². The molecule has 0 radical (unpaired) electrons. The zero-order valence-corrected chi connectivity index (χ0v) is 11.6. The van der Waals surface area contributed by atoms with Gasteiger partial charge in [0.2, 0.25) is 0 Å². The van der Waals surface area contributed by atoms with E-state index < -0.39 is 4.92 Å². The highest BCUT2D eigenvalue weighted by Gasteiger charge is 2.21. The molecule has 106 valence electrons. The Kier molecular flexibility index (Phi) is 3.06. The molecule has 0 aliphatic carbocycles. The van der Waals surface area contributed by atoms with Crippen molar-refractivity contribution in [2.24, 2.45) is 0 Å². The molecule has 0 amide bonds. The number of anilines is 1. The molecule has 0 saturated carbocycles. The van der Waals surface area contributed by atoms with Crippen LogP contribution in [0.25, 0.3) is 22.4 Å². The van der Waals surface area contributed by atoms with Crippen LogP contribution >= 0.6 is 0 Å². The summed E-state index contributed by atoms with van der Waals surface area (Å²) in [7, 11) is 1.71. The standard InChI is InChI=1S/C15H13N3O3/c1-9-4-3-5-10-8-12(21-15(9)10)14-11(18(19)20)6-7-13(16-2)17-14/h3-8H,1-2H3,(H,16,17). The van der Waals surface area contributed by atoms with Crippen molar-refractivity contribution in [1.29, 1.82) is 0 Å². The second-order valence-electron chi connectivity index (χ2n) is 4.68. The minimum absolute atomic E-state index is 0.0780. The van der Waals surface area contributed by atoms with Crippen LogP contribution in [0.5, 0.6) is 0 Å². The minimum Gasteiger partial charge on any atom is -0.454 e. The fourth-order valence-corrected chi connectivity index (χ4v) is 2.25. The number of rotatable bonds is 3. The maximum absolute atomic E-state index is 11.2. The first-order valence-corrected chi connectivity index (χ1v) is 6.43. The molecule has 0 bridgehead atoms. The number of hydrogen-bond donors (Lipinski definition) is 1. The molecule has 2 heterocycles. The first-order valence-electron chi connectivity index (χ1n) is 6.43. The molecular formula is C15H13N3O3. The van der Waals surface area contributed by atoms with Gasteiger partial charge in [-0.2, -0.15) is 0 Å². The first-order chi connectivity index (χ1) is 10.1. The Balaban J connectivity index is 2.25. The van der Waals surface area contributed by atoms with Crippen LogP contribution in [-0.2, 0) is 0 Å². The van der Waals surface area contributed by atoms with E-state index in [0.717, 1.165) is 16.5 Å². The number of nitrogens with zero attached hydrogens (tertiary/aromatic N) is 2. The molecule has 0 unspecified atom stereocenters. The van der Waals surface area contributed by atoms with Crippen LogP contribution < -0.4 is 5.32 Å². The highest BCUT2D eigenvalue weighted by atomic mass is 16.6. The quantitative estimate of drug-likeness (QED) is 0.584. The third kappa shape index (κ3) is 2.20. The fourth-order valence-electron chi connectivity index (χ4n) is 2.25. The van der Waals surface area contributed by atoms with E-state index in [2.05, 4.69) is 10.3 Å². The maximum Gasteiger partial charge on any atom is 0.298 e. The summed E-state index contributed by atoms with van der Waals surface area (Å²) in [4.78, 5) is 15.0. The van der Waals surface area contributed by atoms with Gasteiger partial charge in [-0.3, -0.25) is 10.1 Å². The lowest BCUT2D eigenvalue weighted by atomic mass is 10.1. The largest absolute Gasteiger partial charge is 0.454 e. The Morgan fingerprint density at radius 2 is 2.10 bits per heavy atom. The topological polar surface area (TPSA) is 81.2 Å². The highest BCUT2D eigenvalue weighted by Crippen LogP contribution is 2.34. The van der Waals surface area contributed by atoms with E-state index in [9.17, 15) is 10.1 Å². The van der Waals surface area contributed by atoms with Gasteiger partial charge < -0.3 is 9.73 Å². The average Bonchev–Trinajstić information content (AvgIpc) is 2.92. The van der Waals surface area contributed by atoms with Crippen molar-refractivity contribution in [2.75, 3.05) is 12.4 Å². The fraction of sp³-hybridized carbons (Fsp3) is 0.133. The monoisotopic (exact) mass is 283 g/mol. The minimum atomic E-state index is -0.457. The molecule has 1 aromatic carbocycles. The van der Waals surface area contributed by atoms with Crippen molar-refractivity contribution < 1.29 is 9.34 Å². The summed E-state index contributed by atoms with van der Waals surface area (Å²) in [5.74, 6) is 0.941. The summed E-state index contributed by atoms with van der Waals surface area (Å²) in [5.41, 5.74) is 1.85. The van der Waals surface area contributed by atoms with Gasteiger partial charge in [-0.1, -0.05) is 18.2 Å². The van der Waals surface area contributed by atoms with Crippen LogP contribution in [0.3, 0.4) is 0 Å². The highest BCUT2D eigenvalue weighted by molar-refractivity contribution is 5.86. The van der Waals surface area contributed by atoms with Crippen LogP contribution in [-0.4, -0.2) is 17.0 Å². The number of benzene rings is 1. The van der Waals surface area contributed by atoms with Gasteiger partial charge in [0.1, 0.15) is 11.4 Å². The van der Waals surface area contributed by atoms with Crippen LogP contribution in [0.2, 0.25) is 0 Å². The third-order valence-corrected chi connectivity index (χ3v) is 3.30. The summed E-state index contributed by atoms with van der Waals surface area (Å²) in [6.45, 7) is 1.93. The molecule has 3 rings (SSSR count). The molecule has 0 aliphatic heterocycles.